The van der Waals surface area contributed by atoms with Crippen LogP contribution in [0.2, 0.25) is 0 Å². The molecule has 1 fully saturated rings. The van der Waals surface area contributed by atoms with Gasteiger partial charge in [-0.2, -0.15) is 0 Å². The summed E-state index contributed by atoms with van der Waals surface area (Å²) in [4.78, 5) is 32.4. The van der Waals surface area contributed by atoms with Crippen LogP contribution in [-0.4, -0.2) is 60.0 Å². The first-order valence-electron chi connectivity index (χ1n) is 9.49. The number of rotatable bonds is 7. The summed E-state index contributed by atoms with van der Waals surface area (Å²) in [6.45, 7) is 2.25. The Hall–Kier alpha value is -3.09. The highest BCUT2D eigenvalue weighted by Crippen LogP contribution is 2.16. The van der Waals surface area contributed by atoms with E-state index in [1.54, 1.807) is 23.1 Å². The molecule has 1 N–H and O–H groups in total. The molecule has 2 aromatic rings. The minimum atomic E-state index is -0.185. The van der Waals surface area contributed by atoms with Crippen molar-refractivity contribution in [2.75, 3.05) is 33.3 Å². The minimum absolute atomic E-state index is 0.0438. The molecule has 7 heteroatoms. The smallest absolute Gasteiger partial charge is 0.317 e. The molecule has 1 aromatic carbocycles. The Bertz CT molecular complexity index is 797. The van der Waals surface area contributed by atoms with Crippen molar-refractivity contribution < 1.29 is 14.3 Å². The van der Waals surface area contributed by atoms with Gasteiger partial charge in [0, 0.05) is 38.1 Å². The molecular formula is C21H26N4O3. The zero-order chi connectivity index (χ0) is 19.8. The van der Waals surface area contributed by atoms with E-state index >= 15 is 0 Å². The molecule has 3 amide bonds. The van der Waals surface area contributed by atoms with Crippen LogP contribution in [0.4, 0.5) is 4.79 Å². The van der Waals surface area contributed by atoms with Crippen LogP contribution < -0.4 is 10.1 Å². The van der Waals surface area contributed by atoms with Crippen molar-refractivity contribution in [3.63, 3.8) is 0 Å². The summed E-state index contributed by atoms with van der Waals surface area (Å²) in [5.74, 6) is 0.728. The first-order chi connectivity index (χ1) is 13.7. The number of benzene rings is 1. The number of amides is 3. The predicted octanol–water partition coefficient (Wildman–Crippen LogP) is 2.08. The van der Waals surface area contributed by atoms with Crippen molar-refractivity contribution in [2.24, 2.45) is 0 Å². The number of aryl methyl sites for hydroxylation is 1. The van der Waals surface area contributed by atoms with Gasteiger partial charge in [0.1, 0.15) is 12.3 Å². The van der Waals surface area contributed by atoms with Crippen molar-refractivity contribution in [3.8, 4) is 5.75 Å². The third-order valence-corrected chi connectivity index (χ3v) is 4.73. The summed E-state index contributed by atoms with van der Waals surface area (Å²) in [6.07, 6.45) is 3.39. The summed E-state index contributed by atoms with van der Waals surface area (Å²) >= 11 is 0. The molecule has 1 saturated heterocycles. The summed E-state index contributed by atoms with van der Waals surface area (Å²) < 4.78 is 5.23. The third-order valence-electron chi connectivity index (χ3n) is 4.73. The molecule has 0 aliphatic carbocycles. The zero-order valence-corrected chi connectivity index (χ0v) is 16.1. The normalized spacial score (nSPS) is 14.1. The fourth-order valence-electron chi connectivity index (χ4n) is 3.16. The molecule has 1 aliphatic heterocycles. The highest BCUT2D eigenvalue weighted by atomic mass is 16.5. The average molecular weight is 382 g/mol. The Morgan fingerprint density at radius 3 is 2.86 bits per heavy atom. The van der Waals surface area contributed by atoms with E-state index in [1.807, 2.05) is 42.5 Å². The quantitative estimate of drug-likeness (QED) is 0.744. The molecule has 0 saturated carbocycles. The van der Waals surface area contributed by atoms with Crippen LogP contribution in [0.15, 0.2) is 48.7 Å². The minimum Gasteiger partial charge on any atom is -0.497 e. The van der Waals surface area contributed by atoms with E-state index < -0.39 is 0 Å². The van der Waals surface area contributed by atoms with E-state index in [0.717, 1.165) is 29.8 Å². The van der Waals surface area contributed by atoms with Gasteiger partial charge < -0.3 is 19.9 Å². The summed E-state index contributed by atoms with van der Waals surface area (Å²) in [5, 5.41) is 2.89. The number of ether oxygens (including phenoxy) is 1. The van der Waals surface area contributed by atoms with Crippen molar-refractivity contribution in [1.82, 2.24) is 20.1 Å². The predicted molar refractivity (Wildman–Crippen MR) is 106 cm³/mol. The monoisotopic (exact) mass is 382 g/mol. The van der Waals surface area contributed by atoms with Gasteiger partial charge in [0.25, 0.3) is 0 Å². The Morgan fingerprint density at radius 1 is 1.21 bits per heavy atom. The Labute approximate surface area is 165 Å². The first kappa shape index (κ1) is 19.7. The second-order valence-corrected chi connectivity index (χ2v) is 6.74. The van der Waals surface area contributed by atoms with E-state index in [4.69, 9.17) is 4.74 Å². The number of methoxy groups -OCH3 is 1. The number of hydrogen-bond donors (Lipinski definition) is 1. The topological polar surface area (TPSA) is 74.8 Å². The van der Waals surface area contributed by atoms with E-state index in [-0.39, 0.29) is 18.5 Å². The second-order valence-electron chi connectivity index (χ2n) is 6.74. The molecule has 148 valence electrons. The molecule has 2 heterocycles. The molecule has 7 nitrogen and oxygen atoms in total. The number of carbonyl (C=O) groups is 2. The van der Waals surface area contributed by atoms with Gasteiger partial charge in [-0.15, -0.1) is 0 Å². The molecular weight excluding hydrogens is 356 g/mol. The average Bonchev–Trinajstić information content (AvgIpc) is 2.73. The number of nitrogens with one attached hydrogen (secondary N) is 1. The number of carbonyl (C=O) groups excluding carboxylic acids is 2. The zero-order valence-electron chi connectivity index (χ0n) is 16.1. The summed E-state index contributed by atoms with van der Waals surface area (Å²) in [5.41, 5.74) is 2.03. The van der Waals surface area contributed by atoms with Crippen molar-refractivity contribution in [1.29, 1.82) is 0 Å². The van der Waals surface area contributed by atoms with Gasteiger partial charge in [0.15, 0.2) is 0 Å². The molecule has 0 atom stereocenters. The van der Waals surface area contributed by atoms with E-state index in [2.05, 4.69) is 10.3 Å². The molecule has 1 aliphatic rings. The van der Waals surface area contributed by atoms with E-state index in [0.29, 0.717) is 26.2 Å². The van der Waals surface area contributed by atoms with Crippen molar-refractivity contribution >= 4 is 11.9 Å². The number of nitrogens with zero attached hydrogens (tertiary/aromatic N) is 3. The highest BCUT2D eigenvalue weighted by Gasteiger charge is 2.26. The lowest BCUT2D eigenvalue weighted by Gasteiger charge is -2.34. The standard InChI is InChI=1S/C21H26N4O3/c1-28-19-9-4-6-17(14-19)15-24-12-13-25(16-20(24)26)21(27)23-11-5-8-18-7-2-3-10-22-18/h2-4,6-7,9-10,14H,5,8,11-13,15-16H2,1H3,(H,23,27). The molecule has 0 unspecified atom stereocenters. The van der Waals surface area contributed by atoms with Crippen molar-refractivity contribution in [3.05, 3.63) is 59.9 Å². The van der Waals surface area contributed by atoms with Gasteiger partial charge in [0.05, 0.1) is 7.11 Å². The highest BCUT2D eigenvalue weighted by molar-refractivity contribution is 5.85. The van der Waals surface area contributed by atoms with Crippen LogP contribution in [0, 0.1) is 0 Å². The van der Waals surface area contributed by atoms with Crippen LogP contribution in [0.1, 0.15) is 17.7 Å². The third kappa shape index (κ3) is 5.45. The molecule has 28 heavy (non-hydrogen) atoms. The van der Waals surface area contributed by atoms with E-state index in [9.17, 15) is 9.59 Å². The maximum atomic E-state index is 12.4. The largest absolute Gasteiger partial charge is 0.497 e. The van der Waals surface area contributed by atoms with Gasteiger partial charge in [-0.1, -0.05) is 18.2 Å². The maximum absolute atomic E-state index is 12.4. The lowest BCUT2D eigenvalue weighted by atomic mass is 10.2. The Balaban J connectivity index is 1.41. The fraction of sp³-hybridized carbons (Fsp3) is 0.381. The van der Waals surface area contributed by atoms with Gasteiger partial charge in [-0.05, 0) is 42.7 Å². The molecule has 0 radical (unpaired) electrons. The lowest BCUT2D eigenvalue weighted by molar-refractivity contribution is -0.135. The van der Waals surface area contributed by atoms with Gasteiger partial charge in [-0.3, -0.25) is 9.78 Å². The number of pyridine rings is 1. The van der Waals surface area contributed by atoms with Gasteiger partial charge in [-0.25, -0.2) is 4.79 Å². The summed E-state index contributed by atoms with van der Waals surface area (Å²) in [7, 11) is 1.62. The number of aromatic nitrogens is 1. The first-order valence-corrected chi connectivity index (χ1v) is 9.49. The van der Waals surface area contributed by atoms with Crippen LogP contribution in [0.3, 0.4) is 0 Å². The van der Waals surface area contributed by atoms with Gasteiger partial charge in [0.2, 0.25) is 5.91 Å². The van der Waals surface area contributed by atoms with Gasteiger partial charge >= 0.3 is 6.03 Å². The maximum Gasteiger partial charge on any atom is 0.317 e. The van der Waals surface area contributed by atoms with Crippen LogP contribution in [-0.2, 0) is 17.8 Å². The summed E-state index contributed by atoms with van der Waals surface area (Å²) in [6, 6.07) is 13.3. The molecule has 3 rings (SSSR count). The molecule has 1 aromatic heterocycles. The van der Waals surface area contributed by atoms with Crippen LogP contribution in [0.5, 0.6) is 5.75 Å². The number of hydrogen-bond acceptors (Lipinski definition) is 4. The number of urea groups is 1. The van der Waals surface area contributed by atoms with Crippen molar-refractivity contribution in [2.45, 2.75) is 19.4 Å². The van der Waals surface area contributed by atoms with Crippen LogP contribution in [0.25, 0.3) is 0 Å². The SMILES string of the molecule is COc1cccc(CN2CCN(C(=O)NCCCc3ccccn3)CC2=O)c1. The lowest BCUT2D eigenvalue weighted by Crippen LogP contribution is -2.54. The Morgan fingerprint density at radius 2 is 2.11 bits per heavy atom. The van der Waals surface area contributed by atoms with E-state index in [1.165, 1.54) is 0 Å². The molecule has 0 spiro atoms. The molecule has 0 bridgehead atoms. The second kappa shape index (κ2) is 9.73. The number of piperazine rings is 1. The Kier molecular flexibility index (Phi) is 6.84. The van der Waals surface area contributed by atoms with Crippen LogP contribution >= 0.6 is 0 Å². The fourth-order valence-corrected chi connectivity index (χ4v) is 3.16.